The molecule has 1 rings (SSSR count). The Kier molecular flexibility index (Phi) is 6.23. The monoisotopic (exact) mass is 289 g/mol. The van der Waals surface area contributed by atoms with E-state index < -0.39 is 11.3 Å². The molecule has 4 nitrogen and oxygen atoms in total. The molecule has 0 saturated carbocycles. The van der Waals surface area contributed by atoms with Gasteiger partial charge in [-0.3, -0.25) is 4.79 Å². The van der Waals surface area contributed by atoms with E-state index in [4.69, 9.17) is 9.47 Å². The van der Waals surface area contributed by atoms with Crippen molar-refractivity contribution in [2.24, 2.45) is 5.92 Å². The van der Waals surface area contributed by atoms with Crippen LogP contribution in [0.15, 0.2) is 24.3 Å². The van der Waals surface area contributed by atoms with Crippen LogP contribution in [-0.2, 0) is 14.9 Å². The standard InChI is InChI=1S/C17H23NO3/c1-5-10-17(12-18,13(3)16(19)21-6-2)14-8-7-9-15(11-14)20-4/h7-9,11,13H,5-6,10H2,1-4H3/t13-,17+/m0/s1. The highest BCUT2D eigenvalue weighted by Gasteiger charge is 2.42. The Labute approximate surface area is 126 Å². The SMILES string of the molecule is CCC[C@](C#N)(c1cccc(OC)c1)[C@@H](C)C(=O)OCC. The van der Waals surface area contributed by atoms with Crippen LogP contribution in [0.3, 0.4) is 0 Å². The van der Waals surface area contributed by atoms with Crippen molar-refractivity contribution in [2.75, 3.05) is 13.7 Å². The molecule has 4 heteroatoms. The number of benzene rings is 1. The largest absolute Gasteiger partial charge is 0.497 e. The van der Waals surface area contributed by atoms with Crippen molar-refractivity contribution < 1.29 is 14.3 Å². The van der Waals surface area contributed by atoms with Gasteiger partial charge in [0.05, 0.1) is 31.1 Å². The van der Waals surface area contributed by atoms with Crippen LogP contribution in [0.5, 0.6) is 5.75 Å². The van der Waals surface area contributed by atoms with E-state index >= 15 is 0 Å². The Morgan fingerprint density at radius 1 is 1.43 bits per heavy atom. The molecule has 0 saturated heterocycles. The molecule has 0 spiro atoms. The minimum atomic E-state index is -0.893. The fraction of sp³-hybridized carbons (Fsp3) is 0.529. The van der Waals surface area contributed by atoms with E-state index in [1.165, 1.54) is 0 Å². The Balaban J connectivity index is 3.31. The van der Waals surface area contributed by atoms with E-state index in [0.717, 1.165) is 12.0 Å². The first-order valence-electron chi connectivity index (χ1n) is 7.28. The summed E-state index contributed by atoms with van der Waals surface area (Å²) in [5.74, 6) is -0.191. The zero-order chi connectivity index (χ0) is 15.9. The van der Waals surface area contributed by atoms with Gasteiger partial charge in [0.2, 0.25) is 0 Å². The number of ether oxygens (including phenoxy) is 2. The molecule has 0 unspecified atom stereocenters. The van der Waals surface area contributed by atoms with E-state index in [9.17, 15) is 10.1 Å². The van der Waals surface area contributed by atoms with Crippen LogP contribution in [0.25, 0.3) is 0 Å². The Bertz CT molecular complexity index is 521. The first-order chi connectivity index (χ1) is 10.1. The van der Waals surface area contributed by atoms with Gasteiger partial charge in [-0.05, 0) is 31.0 Å². The van der Waals surface area contributed by atoms with Crippen LogP contribution in [0.4, 0.5) is 0 Å². The average Bonchev–Trinajstić information content (AvgIpc) is 2.52. The third-order valence-corrected chi connectivity index (χ3v) is 3.81. The van der Waals surface area contributed by atoms with Gasteiger partial charge in [0.15, 0.2) is 0 Å². The number of hydrogen-bond donors (Lipinski definition) is 0. The van der Waals surface area contributed by atoms with Crippen molar-refractivity contribution in [3.05, 3.63) is 29.8 Å². The first-order valence-corrected chi connectivity index (χ1v) is 7.28. The fourth-order valence-corrected chi connectivity index (χ4v) is 2.59. The molecule has 114 valence electrons. The van der Waals surface area contributed by atoms with Gasteiger partial charge in [0.25, 0.3) is 0 Å². The second kappa shape index (κ2) is 7.68. The maximum atomic E-state index is 12.1. The van der Waals surface area contributed by atoms with Crippen LogP contribution < -0.4 is 4.74 Å². The molecule has 0 aliphatic carbocycles. The lowest BCUT2D eigenvalue weighted by Crippen LogP contribution is -2.38. The van der Waals surface area contributed by atoms with Gasteiger partial charge in [-0.15, -0.1) is 0 Å². The molecule has 0 aliphatic heterocycles. The lowest BCUT2D eigenvalue weighted by Gasteiger charge is -2.32. The van der Waals surface area contributed by atoms with E-state index in [0.29, 0.717) is 18.8 Å². The van der Waals surface area contributed by atoms with Gasteiger partial charge < -0.3 is 9.47 Å². The summed E-state index contributed by atoms with van der Waals surface area (Å²) in [4.78, 5) is 12.1. The average molecular weight is 289 g/mol. The Morgan fingerprint density at radius 2 is 2.14 bits per heavy atom. The minimum Gasteiger partial charge on any atom is -0.497 e. The number of nitrogens with zero attached hydrogens (tertiary/aromatic N) is 1. The van der Waals surface area contributed by atoms with Crippen LogP contribution in [0.2, 0.25) is 0 Å². The van der Waals surface area contributed by atoms with Gasteiger partial charge in [-0.25, -0.2) is 0 Å². The second-order valence-electron chi connectivity index (χ2n) is 5.04. The Morgan fingerprint density at radius 3 is 2.67 bits per heavy atom. The summed E-state index contributed by atoms with van der Waals surface area (Å²) in [6.45, 7) is 5.85. The molecule has 1 aromatic rings. The van der Waals surface area contributed by atoms with Crippen LogP contribution in [0, 0.1) is 17.2 Å². The highest BCUT2D eigenvalue weighted by molar-refractivity contribution is 5.75. The van der Waals surface area contributed by atoms with E-state index in [1.54, 1.807) is 21.0 Å². The van der Waals surface area contributed by atoms with Crippen molar-refractivity contribution in [3.8, 4) is 11.8 Å². The number of carbonyl (C=O) groups excluding carboxylic acids is 1. The van der Waals surface area contributed by atoms with Crippen molar-refractivity contribution >= 4 is 5.97 Å². The van der Waals surface area contributed by atoms with E-state index in [-0.39, 0.29) is 5.97 Å². The van der Waals surface area contributed by atoms with Gasteiger partial charge in [-0.2, -0.15) is 5.26 Å². The summed E-state index contributed by atoms with van der Waals surface area (Å²) >= 11 is 0. The van der Waals surface area contributed by atoms with Crippen LogP contribution in [-0.4, -0.2) is 19.7 Å². The number of methoxy groups -OCH3 is 1. The molecule has 0 aliphatic rings. The van der Waals surface area contributed by atoms with Gasteiger partial charge in [-0.1, -0.05) is 32.4 Å². The van der Waals surface area contributed by atoms with Crippen LogP contribution >= 0.6 is 0 Å². The Hall–Kier alpha value is -2.02. The third kappa shape index (κ3) is 3.55. The quantitative estimate of drug-likeness (QED) is 0.721. The first kappa shape index (κ1) is 17.0. The van der Waals surface area contributed by atoms with E-state index in [2.05, 4.69) is 6.07 Å². The summed E-state index contributed by atoms with van der Waals surface area (Å²) in [6, 6.07) is 9.73. The van der Waals surface area contributed by atoms with Crippen molar-refractivity contribution in [3.63, 3.8) is 0 Å². The molecule has 2 atom stereocenters. The summed E-state index contributed by atoms with van der Waals surface area (Å²) < 4.78 is 10.3. The topological polar surface area (TPSA) is 59.3 Å². The molecular weight excluding hydrogens is 266 g/mol. The summed E-state index contributed by atoms with van der Waals surface area (Å²) in [5.41, 5.74) is -0.0954. The van der Waals surface area contributed by atoms with Gasteiger partial charge in [0, 0.05) is 0 Å². The van der Waals surface area contributed by atoms with Crippen molar-refractivity contribution in [2.45, 2.75) is 39.0 Å². The molecule has 1 aromatic carbocycles. The van der Waals surface area contributed by atoms with Crippen molar-refractivity contribution in [1.82, 2.24) is 0 Å². The zero-order valence-electron chi connectivity index (χ0n) is 13.2. The predicted octanol–water partition coefficient (Wildman–Crippen LogP) is 3.46. The van der Waals surface area contributed by atoms with Crippen molar-refractivity contribution in [1.29, 1.82) is 5.26 Å². The molecule has 0 fully saturated rings. The lowest BCUT2D eigenvalue weighted by molar-refractivity contribution is -0.149. The number of nitriles is 1. The molecule has 0 bridgehead atoms. The summed E-state index contributed by atoms with van der Waals surface area (Å²) in [7, 11) is 1.59. The molecule has 0 heterocycles. The molecule has 0 aromatic heterocycles. The summed E-state index contributed by atoms with van der Waals surface area (Å²) in [5, 5.41) is 9.81. The fourth-order valence-electron chi connectivity index (χ4n) is 2.59. The predicted molar refractivity (Wildman–Crippen MR) is 81.0 cm³/mol. The summed E-state index contributed by atoms with van der Waals surface area (Å²) in [6.07, 6.45) is 1.39. The van der Waals surface area contributed by atoms with Gasteiger partial charge >= 0.3 is 5.97 Å². The number of rotatable bonds is 7. The molecule has 0 radical (unpaired) electrons. The van der Waals surface area contributed by atoms with Gasteiger partial charge in [0.1, 0.15) is 5.75 Å². The molecule has 0 amide bonds. The maximum absolute atomic E-state index is 12.1. The normalized spacial score (nSPS) is 14.6. The molecular formula is C17H23NO3. The number of carbonyl (C=O) groups is 1. The molecule has 21 heavy (non-hydrogen) atoms. The van der Waals surface area contributed by atoms with E-state index in [1.807, 2.05) is 31.2 Å². The lowest BCUT2D eigenvalue weighted by atomic mass is 9.69. The zero-order valence-corrected chi connectivity index (χ0v) is 13.2. The molecule has 0 N–H and O–H groups in total. The number of esters is 1. The minimum absolute atomic E-state index is 0.314. The third-order valence-electron chi connectivity index (χ3n) is 3.81. The number of hydrogen-bond acceptors (Lipinski definition) is 4. The van der Waals surface area contributed by atoms with Crippen LogP contribution in [0.1, 0.15) is 39.2 Å². The highest BCUT2D eigenvalue weighted by Crippen LogP contribution is 2.38. The second-order valence-corrected chi connectivity index (χ2v) is 5.04. The highest BCUT2D eigenvalue weighted by atomic mass is 16.5. The smallest absolute Gasteiger partial charge is 0.310 e. The maximum Gasteiger partial charge on any atom is 0.310 e.